The molecule has 1 heterocycles. The molecular weight excluding hydrogens is 228 g/mol. The highest BCUT2D eigenvalue weighted by Crippen LogP contribution is 2.10. The highest BCUT2D eigenvalue weighted by Gasteiger charge is 2.06. The molecule has 0 atom stereocenters. The van der Waals surface area contributed by atoms with E-state index in [0.717, 1.165) is 5.56 Å². The molecule has 90 valence electrons. The zero-order valence-electron chi connectivity index (χ0n) is 9.60. The molecule has 4 N–H and O–H groups in total. The first kappa shape index (κ1) is 11.9. The molecule has 0 fully saturated rings. The van der Waals surface area contributed by atoms with Gasteiger partial charge in [0.15, 0.2) is 0 Å². The smallest absolute Gasteiger partial charge is 0.273 e. The normalized spacial score (nSPS) is 9.39. The number of carbonyl (C=O) groups excluding carboxylic acids is 1. The number of H-pyrrole nitrogens is 1. The van der Waals surface area contributed by atoms with Gasteiger partial charge in [0, 0.05) is 17.4 Å². The van der Waals surface area contributed by atoms with Gasteiger partial charge in [-0.1, -0.05) is 17.9 Å². The van der Waals surface area contributed by atoms with Crippen molar-refractivity contribution in [3.63, 3.8) is 0 Å². The first-order chi connectivity index (χ1) is 8.79. The van der Waals surface area contributed by atoms with Crippen molar-refractivity contribution in [3.8, 4) is 11.8 Å². The van der Waals surface area contributed by atoms with Gasteiger partial charge in [0.2, 0.25) is 0 Å². The van der Waals surface area contributed by atoms with Crippen LogP contribution in [0.15, 0.2) is 36.5 Å². The number of amides is 1. The van der Waals surface area contributed by atoms with E-state index in [2.05, 4.69) is 27.4 Å². The molecule has 1 amide bonds. The largest absolute Gasteiger partial charge is 0.321 e. The van der Waals surface area contributed by atoms with Gasteiger partial charge in [-0.15, -0.1) is 0 Å². The minimum Gasteiger partial charge on any atom is -0.321 e. The summed E-state index contributed by atoms with van der Waals surface area (Å²) in [5.74, 6) is 5.43. The summed E-state index contributed by atoms with van der Waals surface area (Å²) in [6.07, 6.45) is 1.53. The number of carbonyl (C=O) groups is 1. The summed E-state index contributed by atoms with van der Waals surface area (Å²) < 4.78 is 0. The molecule has 5 heteroatoms. The SMILES string of the molecule is NCC#Cc1cccc(NC(=O)c2ccn[nH]2)c1. The average Bonchev–Trinajstić information content (AvgIpc) is 2.91. The van der Waals surface area contributed by atoms with Crippen molar-refractivity contribution in [2.45, 2.75) is 0 Å². The molecule has 0 radical (unpaired) electrons. The summed E-state index contributed by atoms with van der Waals surface area (Å²) in [4.78, 5) is 11.8. The van der Waals surface area contributed by atoms with Crippen molar-refractivity contribution in [1.29, 1.82) is 0 Å². The van der Waals surface area contributed by atoms with E-state index in [4.69, 9.17) is 5.73 Å². The van der Waals surface area contributed by atoms with Gasteiger partial charge in [-0.25, -0.2) is 0 Å². The fourth-order valence-electron chi connectivity index (χ4n) is 1.41. The third kappa shape index (κ3) is 2.97. The van der Waals surface area contributed by atoms with Crippen molar-refractivity contribution in [3.05, 3.63) is 47.8 Å². The van der Waals surface area contributed by atoms with Crippen LogP contribution in [0.25, 0.3) is 0 Å². The Hall–Kier alpha value is -2.58. The minimum atomic E-state index is -0.239. The lowest BCUT2D eigenvalue weighted by Gasteiger charge is -2.03. The van der Waals surface area contributed by atoms with Gasteiger partial charge in [-0.2, -0.15) is 5.10 Å². The van der Waals surface area contributed by atoms with Gasteiger partial charge in [-0.3, -0.25) is 9.89 Å². The van der Waals surface area contributed by atoms with E-state index in [0.29, 0.717) is 17.9 Å². The van der Waals surface area contributed by atoms with Gasteiger partial charge in [0.1, 0.15) is 5.69 Å². The van der Waals surface area contributed by atoms with Crippen LogP contribution in [0.1, 0.15) is 16.1 Å². The summed E-state index contributed by atoms with van der Waals surface area (Å²) >= 11 is 0. The van der Waals surface area contributed by atoms with E-state index in [1.165, 1.54) is 6.20 Å². The number of hydrogen-bond donors (Lipinski definition) is 3. The van der Waals surface area contributed by atoms with Crippen LogP contribution in [0.3, 0.4) is 0 Å². The molecule has 0 aliphatic carbocycles. The summed E-state index contributed by atoms with van der Waals surface area (Å²) in [5, 5.41) is 9.07. The van der Waals surface area contributed by atoms with E-state index in [1.807, 2.05) is 12.1 Å². The molecule has 1 aromatic carbocycles. The summed E-state index contributed by atoms with van der Waals surface area (Å²) in [7, 11) is 0. The fraction of sp³-hybridized carbons (Fsp3) is 0.0769. The Bertz CT molecular complexity index is 593. The monoisotopic (exact) mass is 240 g/mol. The molecule has 0 saturated heterocycles. The van der Waals surface area contributed by atoms with Gasteiger partial charge >= 0.3 is 0 Å². The van der Waals surface area contributed by atoms with E-state index in [-0.39, 0.29) is 5.91 Å². The molecule has 2 aromatic rings. The highest BCUT2D eigenvalue weighted by molar-refractivity contribution is 6.02. The van der Waals surface area contributed by atoms with Crippen LogP contribution >= 0.6 is 0 Å². The number of hydrogen-bond acceptors (Lipinski definition) is 3. The van der Waals surface area contributed by atoms with E-state index in [1.54, 1.807) is 18.2 Å². The van der Waals surface area contributed by atoms with E-state index < -0.39 is 0 Å². The van der Waals surface area contributed by atoms with Crippen molar-refractivity contribution in [2.24, 2.45) is 5.73 Å². The third-order valence-corrected chi connectivity index (χ3v) is 2.20. The lowest BCUT2D eigenvalue weighted by Crippen LogP contribution is -2.12. The molecule has 0 aliphatic heterocycles. The number of nitrogens with two attached hydrogens (primary N) is 1. The molecule has 18 heavy (non-hydrogen) atoms. The maximum absolute atomic E-state index is 11.8. The van der Waals surface area contributed by atoms with Crippen molar-refractivity contribution in [2.75, 3.05) is 11.9 Å². The fourth-order valence-corrected chi connectivity index (χ4v) is 1.41. The molecule has 1 aromatic heterocycles. The van der Waals surface area contributed by atoms with Crippen LogP contribution < -0.4 is 11.1 Å². The summed E-state index contributed by atoms with van der Waals surface area (Å²) in [5.41, 5.74) is 7.20. The molecule has 0 aliphatic rings. The first-order valence-corrected chi connectivity index (χ1v) is 5.39. The summed E-state index contributed by atoms with van der Waals surface area (Å²) in [6.45, 7) is 0.310. The van der Waals surface area contributed by atoms with Crippen molar-refractivity contribution in [1.82, 2.24) is 10.2 Å². The van der Waals surface area contributed by atoms with Gasteiger partial charge in [0.25, 0.3) is 5.91 Å². The molecule has 2 rings (SSSR count). The molecule has 5 nitrogen and oxygen atoms in total. The Morgan fingerprint density at radius 2 is 2.33 bits per heavy atom. The summed E-state index contributed by atoms with van der Waals surface area (Å²) in [6, 6.07) is 8.86. The van der Waals surface area contributed by atoms with Crippen molar-refractivity contribution >= 4 is 11.6 Å². The van der Waals surface area contributed by atoms with Crippen LogP contribution in [-0.2, 0) is 0 Å². The Morgan fingerprint density at radius 1 is 1.44 bits per heavy atom. The third-order valence-electron chi connectivity index (χ3n) is 2.20. The second-order valence-electron chi connectivity index (χ2n) is 3.51. The number of nitrogens with one attached hydrogen (secondary N) is 2. The lowest BCUT2D eigenvalue weighted by molar-refractivity contribution is 0.102. The quantitative estimate of drug-likeness (QED) is 0.684. The van der Waals surface area contributed by atoms with Crippen LogP contribution in [0, 0.1) is 11.8 Å². The predicted octanol–water partition coefficient (Wildman–Crippen LogP) is 0.972. The molecule has 0 saturated carbocycles. The van der Waals surface area contributed by atoms with E-state index in [9.17, 15) is 4.79 Å². The lowest BCUT2D eigenvalue weighted by atomic mass is 10.2. The topological polar surface area (TPSA) is 83.8 Å². The number of benzene rings is 1. The Morgan fingerprint density at radius 3 is 3.06 bits per heavy atom. The highest BCUT2D eigenvalue weighted by atomic mass is 16.1. The zero-order chi connectivity index (χ0) is 12.8. The van der Waals surface area contributed by atoms with Crippen LogP contribution in [0.5, 0.6) is 0 Å². The van der Waals surface area contributed by atoms with Gasteiger partial charge in [-0.05, 0) is 24.3 Å². The molecule has 0 spiro atoms. The number of anilines is 1. The van der Waals surface area contributed by atoms with Gasteiger partial charge < -0.3 is 11.1 Å². The Balaban J connectivity index is 2.12. The van der Waals surface area contributed by atoms with E-state index >= 15 is 0 Å². The molecule has 0 bridgehead atoms. The minimum absolute atomic E-state index is 0.239. The maximum Gasteiger partial charge on any atom is 0.273 e. The van der Waals surface area contributed by atoms with Crippen LogP contribution in [0.2, 0.25) is 0 Å². The second kappa shape index (κ2) is 5.66. The Labute approximate surface area is 104 Å². The number of aromatic nitrogens is 2. The standard InChI is InChI=1S/C13H12N4O/c14-7-2-4-10-3-1-5-11(9-10)16-13(18)12-6-8-15-17-12/h1,3,5-6,8-9H,7,14H2,(H,15,17)(H,16,18). The number of aromatic amines is 1. The number of nitrogens with zero attached hydrogens (tertiary/aromatic N) is 1. The average molecular weight is 240 g/mol. The molecular formula is C13H12N4O. The number of rotatable bonds is 2. The zero-order valence-corrected chi connectivity index (χ0v) is 9.60. The van der Waals surface area contributed by atoms with Crippen molar-refractivity contribution < 1.29 is 4.79 Å². The molecule has 0 unspecified atom stereocenters. The van der Waals surface area contributed by atoms with Gasteiger partial charge in [0.05, 0.1) is 6.54 Å². The predicted molar refractivity (Wildman–Crippen MR) is 68.9 cm³/mol. The second-order valence-corrected chi connectivity index (χ2v) is 3.51. The maximum atomic E-state index is 11.8. The van der Waals surface area contributed by atoms with Crippen LogP contribution in [0.4, 0.5) is 5.69 Å². The first-order valence-electron chi connectivity index (χ1n) is 5.39. The van der Waals surface area contributed by atoms with Crippen LogP contribution in [-0.4, -0.2) is 22.6 Å². The Kier molecular flexibility index (Phi) is 3.74.